The van der Waals surface area contributed by atoms with Gasteiger partial charge in [-0.05, 0) is 57.2 Å². The Kier molecular flexibility index (Phi) is 6.25. The van der Waals surface area contributed by atoms with Crippen LogP contribution in [0.5, 0.6) is 0 Å². The zero-order valence-corrected chi connectivity index (χ0v) is 15.9. The number of furan rings is 1. The van der Waals surface area contributed by atoms with E-state index in [1.165, 1.54) is 6.26 Å². The molecule has 1 aromatic carbocycles. The zero-order valence-electron chi connectivity index (χ0n) is 14.3. The highest BCUT2D eigenvalue weighted by Gasteiger charge is 2.25. The fourth-order valence-electron chi connectivity index (χ4n) is 2.05. The fourth-order valence-corrected chi connectivity index (χ4v) is 2.32. The Labute approximate surface area is 155 Å². The molecule has 1 unspecified atom stereocenters. The first-order valence-electron chi connectivity index (χ1n) is 7.81. The SMILES string of the molecule is CC(C)(C)OC(=O)NC(Cc1ccco1)C(=O)Nc1ccc(Br)cc1. The maximum Gasteiger partial charge on any atom is 0.408 e. The number of ether oxygens (including phenoxy) is 1. The van der Waals surface area contributed by atoms with E-state index in [2.05, 4.69) is 26.6 Å². The molecule has 0 saturated carbocycles. The van der Waals surface area contributed by atoms with E-state index in [-0.39, 0.29) is 12.3 Å². The minimum Gasteiger partial charge on any atom is -0.469 e. The summed E-state index contributed by atoms with van der Waals surface area (Å²) in [5.41, 5.74) is -0.0229. The van der Waals surface area contributed by atoms with Crippen LogP contribution < -0.4 is 10.6 Å². The molecule has 1 aromatic heterocycles. The van der Waals surface area contributed by atoms with Crippen molar-refractivity contribution in [2.45, 2.75) is 38.8 Å². The van der Waals surface area contributed by atoms with E-state index in [0.29, 0.717) is 11.4 Å². The fraction of sp³-hybridized carbons (Fsp3) is 0.333. The quantitative estimate of drug-likeness (QED) is 0.779. The number of benzene rings is 1. The van der Waals surface area contributed by atoms with E-state index in [9.17, 15) is 9.59 Å². The van der Waals surface area contributed by atoms with E-state index in [0.717, 1.165) is 4.47 Å². The predicted octanol–water partition coefficient (Wildman–Crippen LogP) is 4.12. The highest BCUT2D eigenvalue weighted by Crippen LogP contribution is 2.15. The van der Waals surface area contributed by atoms with Gasteiger partial charge >= 0.3 is 6.09 Å². The van der Waals surface area contributed by atoms with Crippen molar-refractivity contribution in [3.05, 3.63) is 52.9 Å². The molecule has 134 valence electrons. The third-order valence-electron chi connectivity index (χ3n) is 3.10. The molecule has 2 aromatic rings. The molecular weight excluding hydrogens is 388 g/mol. The molecule has 2 rings (SSSR count). The van der Waals surface area contributed by atoms with Gasteiger partial charge in [-0.1, -0.05) is 15.9 Å². The Hall–Kier alpha value is -2.28. The van der Waals surface area contributed by atoms with Crippen LogP contribution in [0.3, 0.4) is 0 Å². The Bertz CT molecular complexity index is 706. The van der Waals surface area contributed by atoms with Crippen molar-refractivity contribution in [1.82, 2.24) is 5.32 Å². The molecule has 2 N–H and O–H groups in total. The first-order valence-corrected chi connectivity index (χ1v) is 8.60. The summed E-state index contributed by atoms with van der Waals surface area (Å²) >= 11 is 3.34. The number of halogens is 1. The number of rotatable bonds is 5. The van der Waals surface area contributed by atoms with E-state index in [4.69, 9.17) is 9.15 Å². The lowest BCUT2D eigenvalue weighted by atomic mass is 10.1. The second kappa shape index (κ2) is 8.20. The lowest BCUT2D eigenvalue weighted by molar-refractivity contribution is -0.118. The maximum absolute atomic E-state index is 12.6. The Morgan fingerprint density at radius 1 is 1.20 bits per heavy atom. The predicted molar refractivity (Wildman–Crippen MR) is 98.3 cm³/mol. The van der Waals surface area contributed by atoms with Crippen molar-refractivity contribution in [2.75, 3.05) is 5.32 Å². The molecule has 6 nitrogen and oxygen atoms in total. The number of amides is 2. The molecule has 0 aliphatic rings. The first kappa shape index (κ1) is 19.1. The lowest BCUT2D eigenvalue weighted by Crippen LogP contribution is -2.47. The average molecular weight is 409 g/mol. The molecular formula is C18H21BrN2O4. The van der Waals surface area contributed by atoms with Crippen LogP contribution in [-0.2, 0) is 16.0 Å². The first-order chi connectivity index (χ1) is 11.7. The van der Waals surface area contributed by atoms with Gasteiger partial charge in [0, 0.05) is 16.6 Å². The van der Waals surface area contributed by atoms with Gasteiger partial charge in [-0.2, -0.15) is 0 Å². The van der Waals surface area contributed by atoms with Gasteiger partial charge in [0.05, 0.1) is 6.26 Å². The third-order valence-corrected chi connectivity index (χ3v) is 3.63. The molecule has 0 spiro atoms. The van der Waals surface area contributed by atoms with Crippen molar-refractivity contribution in [3.63, 3.8) is 0 Å². The second-order valence-corrected chi connectivity index (χ2v) is 7.39. The summed E-state index contributed by atoms with van der Waals surface area (Å²) in [6, 6.07) is 9.81. The maximum atomic E-state index is 12.6. The van der Waals surface area contributed by atoms with Crippen molar-refractivity contribution in [1.29, 1.82) is 0 Å². The largest absolute Gasteiger partial charge is 0.469 e. The van der Waals surface area contributed by atoms with Crippen LogP contribution in [-0.4, -0.2) is 23.6 Å². The van der Waals surface area contributed by atoms with Crippen molar-refractivity contribution >= 4 is 33.6 Å². The topological polar surface area (TPSA) is 80.6 Å². The smallest absolute Gasteiger partial charge is 0.408 e. The number of carbonyl (C=O) groups excluding carboxylic acids is 2. The molecule has 0 bridgehead atoms. The highest BCUT2D eigenvalue weighted by atomic mass is 79.9. The van der Waals surface area contributed by atoms with E-state index in [1.807, 2.05) is 12.1 Å². The Morgan fingerprint density at radius 2 is 1.88 bits per heavy atom. The molecule has 0 aliphatic carbocycles. The van der Waals surface area contributed by atoms with Gasteiger partial charge in [0.25, 0.3) is 0 Å². The van der Waals surface area contributed by atoms with Gasteiger partial charge in [0.2, 0.25) is 5.91 Å². The molecule has 1 heterocycles. The number of alkyl carbamates (subject to hydrolysis) is 1. The van der Waals surface area contributed by atoms with Crippen LogP contribution in [0.2, 0.25) is 0 Å². The molecule has 25 heavy (non-hydrogen) atoms. The number of nitrogens with one attached hydrogen (secondary N) is 2. The van der Waals surface area contributed by atoms with Crippen LogP contribution in [0.25, 0.3) is 0 Å². The van der Waals surface area contributed by atoms with Crippen molar-refractivity contribution in [3.8, 4) is 0 Å². The Morgan fingerprint density at radius 3 is 2.44 bits per heavy atom. The van der Waals surface area contributed by atoms with E-state index < -0.39 is 17.7 Å². The summed E-state index contributed by atoms with van der Waals surface area (Å²) in [5, 5.41) is 5.38. The molecule has 2 amide bonds. The Balaban J connectivity index is 2.08. The minimum atomic E-state index is -0.829. The molecule has 0 saturated heterocycles. The van der Waals surface area contributed by atoms with Crippen LogP contribution in [0.4, 0.5) is 10.5 Å². The summed E-state index contributed by atoms with van der Waals surface area (Å²) in [6.07, 6.45) is 1.08. The number of hydrogen-bond acceptors (Lipinski definition) is 4. The summed E-state index contributed by atoms with van der Waals surface area (Å²) in [6.45, 7) is 5.28. The molecule has 0 fully saturated rings. The van der Waals surface area contributed by atoms with Gasteiger partial charge in [0.15, 0.2) is 0 Å². The monoisotopic (exact) mass is 408 g/mol. The molecule has 1 atom stereocenters. The van der Waals surface area contributed by atoms with Gasteiger partial charge in [-0.15, -0.1) is 0 Å². The van der Waals surface area contributed by atoms with Crippen LogP contribution >= 0.6 is 15.9 Å². The second-order valence-electron chi connectivity index (χ2n) is 6.48. The number of anilines is 1. The van der Waals surface area contributed by atoms with Crippen molar-refractivity contribution in [2.24, 2.45) is 0 Å². The summed E-state index contributed by atoms with van der Waals surface area (Å²) < 4.78 is 11.4. The van der Waals surface area contributed by atoms with Crippen LogP contribution in [0.15, 0.2) is 51.6 Å². The number of hydrogen-bond donors (Lipinski definition) is 2. The summed E-state index contributed by atoms with van der Waals surface area (Å²) in [7, 11) is 0. The normalized spacial score (nSPS) is 12.3. The van der Waals surface area contributed by atoms with Gasteiger partial charge in [-0.25, -0.2) is 4.79 Å². The zero-order chi connectivity index (χ0) is 18.4. The van der Waals surface area contributed by atoms with Gasteiger partial charge in [-0.3, -0.25) is 4.79 Å². The molecule has 0 aliphatic heterocycles. The average Bonchev–Trinajstić information content (AvgIpc) is 3.00. The molecule has 7 heteroatoms. The molecule has 0 radical (unpaired) electrons. The summed E-state index contributed by atoms with van der Waals surface area (Å²) in [4.78, 5) is 24.6. The standard InChI is InChI=1S/C18H21BrN2O4/c1-18(2,3)25-17(23)21-15(11-14-5-4-10-24-14)16(22)20-13-8-6-12(19)7-9-13/h4-10,15H,11H2,1-3H3,(H,20,22)(H,21,23). The van der Waals surface area contributed by atoms with Gasteiger partial charge < -0.3 is 19.8 Å². The third kappa shape index (κ3) is 6.62. The van der Waals surface area contributed by atoms with E-state index in [1.54, 1.807) is 45.0 Å². The minimum absolute atomic E-state index is 0.217. The van der Waals surface area contributed by atoms with Crippen molar-refractivity contribution < 1.29 is 18.7 Å². The lowest BCUT2D eigenvalue weighted by Gasteiger charge is -2.23. The van der Waals surface area contributed by atoms with E-state index >= 15 is 0 Å². The van der Waals surface area contributed by atoms with Gasteiger partial charge in [0.1, 0.15) is 17.4 Å². The highest BCUT2D eigenvalue weighted by molar-refractivity contribution is 9.10. The van der Waals surface area contributed by atoms with Crippen LogP contribution in [0.1, 0.15) is 26.5 Å². The van der Waals surface area contributed by atoms with Crippen LogP contribution in [0, 0.1) is 0 Å². The number of carbonyl (C=O) groups is 2. The summed E-state index contributed by atoms with van der Waals surface area (Å²) in [5.74, 6) is 0.233.